The highest BCUT2D eigenvalue weighted by Crippen LogP contribution is 2.32. The van der Waals surface area contributed by atoms with E-state index in [0.29, 0.717) is 6.04 Å². The fourth-order valence-corrected chi connectivity index (χ4v) is 3.11. The Hall–Kier alpha value is -1.80. The van der Waals surface area contributed by atoms with Crippen molar-refractivity contribution in [2.75, 3.05) is 13.7 Å². The molecule has 104 valence electrons. The molecule has 0 aliphatic carbocycles. The maximum absolute atomic E-state index is 5.50. The molecule has 0 saturated heterocycles. The number of methoxy groups -OCH3 is 1. The first kappa shape index (κ1) is 13.2. The molecule has 2 aromatic carbocycles. The molecular formula is C18H21NO. The van der Waals surface area contributed by atoms with E-state index in [1.807, 2.05) is 0 Å². The number of ether oxygens (including phenoxy) is 1. The molecule has 2 nitrogen and oxygen atoms in total. The summed E-state index contributed by atoms with van der Waals surface area (Å²) in [5.41, 5.74) is 5.46. The minimum Gasteiger partial charge on any atom is -0.496 e. The number of aryl methyl sites for hydroxylation is 1. The summed E-state index contributed by atoms with van der Waals surface area (Å²) in [6, 6.07) is 15.5. The molecule has 1 unspecified atom stereocenters. The number of rotatable bonds is 3. The van der Waals surface area contributed by atoms with Crippen LogP contribution in [0.1, 0.15) is 28.3 Å². The molecule has 1 aliphatic heterocycles. The van der Waals surface area contributed by atoms with Gasteiger partial charge < -0.3 is 10.1 Å². The van der Waals surface area contributed by atoms with Crippen LogP contribution in [0.15, 0.2) is 42.5 Å². The van der Waals surface area contributed by atoms with Crippen molar-refractivity contribution in [2.45, 2.75) is 25.8 Å². The van der Waals surface area contributed by atoms with E-state index in [2.05, 4.69) is 54.7 Å². The Morgan fingerprint density at radius 1 is 1.20 bits per heavy atom. The van der Waals surface area contributed by atoms with Crippen LogP contribution < -0.4 is 10.1 Å². The topological polar surface area (TPSA) is 21.3 Å². The second-order valence-electron chi connectivity index (χ2n) is 5.48. The van der Waals surface area contributed by atoms with Gasteiger partial charge in [0.25, 0.3) is 0 Å². The molecule has 20 heavy (non-hydrogen) atoms. The third-order valence-corrected chi connectivity index (χ3v) is 4.05. The van der Waals surface area contributed by atoms with Crippen LogP contribution in [0.5, 0.6) is 5.75 Å². The molecule has 0 amide bonds. The van der Waals surface area contributed by atoms with E-state index in [1.54, 1.807) is 7.11 Å². The predicted octanol–water partition coefficient (Wildman–Crippen LogP) is 3.43. The van der Waals surface area contributed by atoms with Gasteiger partial charge in [0.15, 0.2) is 0 Å². The van der Waals surface area contributed by atoms with Crippen LogP contribution in [0.3, 0.4) is 0 Å². The standard InChI is InChI=1S/C18H21NO/c1-13-5-3-6-14(11-13)12-17-15-7-4-8-18(20-2)16(15)9-10-19-17/h3-8,11,17,19H,9-10,12H2,1-2H3. The maximum atomic E-state index is 5.50. The maximum Gasteiger partial charge on any atom is 0.122 e. The molecule has 1 atom stereocenters. The van der Waals surface area contributed by atoms with E-state index in [0.717, 1.165) is 25.1 Å². The molecule has 0 radical (unpaired) electrons. The molecule has 0 spiro atoms. The van der Waals surface area contributed by atoms with Crippen LogP contribution in [0.2, 0.25) is 0 Å². The van der Waals surface area contributed by atoms with E-state index in [4.69, 9.17) is 4.74 Å². The van der Waals surface area contributed by atoms with Gasteiger partial charge >= 0.3 is 0 Å². The smallest absolute Gasteiger partial charge is 0.122 e. The van der Waals surface area contributed by atoms with Gasteiger partial charge in [0.05, 0.1) is 7.11 Å². The van der Waals surface area contributed by atoms with E-state index < -0.39 is 0 Å². The Bertz CT molecular complexity index is 606. The van der Waals surface area contributed by atoms with Crippen LogP contribution in [0, 0.1) is 6.92 Å². The average molecular weight is 267 g/mol. The number of benzene rings is 2. The Balaban J connectivity index is 1.90. The highest BCUT2D eigenvalue weighted by Gasteiger charge is 2.22. The van der Waals surface area contributed by atoms with Crippen molar-refractivity contribution in [1.29, 1.82) is 0 Å². The Labute approximate surface area is 120 Å². The monoisotopic (exact) mass is 267 g/mol. The summed E-state index contributed by atoms with van der Waals surface area (Å²) in [5, 5.41) is 3.64. The summed E-state index contributed by atoms with van der Waals surface area (Å²) in [6.45, 7) is 3.17. The Morgan fingerprint density at radius 2 is 2.05 bits per heavy atom. The number of nitrogens with one attached hydrogen (secondary N) is 1. The molecule has 1 N–H and O–H groups in total. The quantitative estimate of drug-likeness (QED) is 0.920. The highest BCUT2D eigenvalue weighted by molar-refractivity contribution is 5.44. The Morgan fingerprint density at radius 3 is 2.85 bits per heavy atom. The summed E-state index contributed by atoms with van der Waals surface area (Å²) in [6.07, 6.45) is 2.07. The minimum atomic E-state index is 0.385. The van der Waals surface area contributed by atoms with Crippen molar-refractivity contribution in [2.24, 2.45) is 0 Å². The van der Waals surface area contributed by atoms with Gasteiger partial charge in [0.1, 0.15) is 5.75 Å². The lowest BCUT2D eigenvalue weighted by atomic mass is 9.89. The van der Waals surface area contributed by atoms with Gasteiger partial charge in [-0.1, -0.05) is 42.0 Å². The van der Waals surface area contributed by atoms with E-state index in [9.17, 15) is 0 Å². The highest BCUT2D eigenvalue weighted by atomic mass is 16.5. The van der Waals surface area contributed by atoms with Gasteiger partial charge in [0.2, 0.25) is 0 Å². The first-order chi connectivity index (χ1) is 9.78. The molecule has 2 heteroatoms. The van der Waals surface area contributed by atoms with Crippen molar-refractivity contribution < 1.29 is 4.74 Å². The molecule has 2 aromatic rings. The number of hydrogen-bond donors (Lipinski definition) is 1. The lowest BCUT2D eigenvalue weighted by Crippen LogP contribution is -2.31. The van der Waals surface area contributed by atoms with Crippen molar-refractivity contribution in [1.82, 2.24) is 5.32 Å². The van der Waals surface area contributed by atoms with Crippen LogP contribution in [-0.2, 0) is 12.8 Å². The lowest BCUT2D eigenvalue weighted by Gasteiger charge is -2.28. The fourth-order valence-electron chi connectivity index (χ4n) is 3.11. The first-order valence-corrected chi connectivity index (χ1v) is 7.22. The van der Waals surface area contributed by atoms with Gasteiger partial charge in [-0.3, -0.25) is 0 Å². The van der Waals surface area contributed by atoms with Crippen LogP contribution in [-0.4, -0.2) is 13.7 Å². The second-order valence-corrected chi connectivity index (χ2v) is 5.48. The molecule has 1 aliphatic rings. The van der Waals surface area contributed by atoms with Gasteiger partial charge in [-0.25, -0.2) is 0 Å². The third-order valence-electron chi connectivity index (χ3n) is 4.05. The Kier molecular flexibility index (Phi) is 3.75. The molecule has 0 saturated carbocycles. The zero-order chi connectivity index (χ0) is 13.9. The average Bonchev–Trinajstić information content (AvgIpc) is 2.47. The van der Waals surface area contributed by atoms with Crippen LogP contribution in [0.4, 0.5) is 0 Å². The summed E-state index contributed by atoms with van der Waals surface area (Å²) in [4.78, 5) is 0. The van der Waals surface area contributed by atoms with Crippen LogP contribution >= 0.6 is 0 Å². The van der Waals surface area contributed by atoms with Gasteiger partial charge in [0, 0.05) is 11.6 Å². The largest absolute Gasteiger partial charge is 0.496 e. The van der Waals surface area contributed by atoms with Crippen molar-refractivity contribution in [3.63, 3.8) is 0 Å². The van der Waals surface area contributed by atoms with Crippen molar-refractivity contribution in [3.05, 3.63) is 64.7 Å². The molecule has 0 bridgehead atoms. The number of fused-ring (bicyclic) bond motifs is 1. The summed E-state index contributed by atoms with van der Waals surface area (Å²) < 4.78 is 5.50. The summed E-state index contributed by atoms with van der Waals surface area (Å²) in [5.74, 6) is 1.03. The third kappa shape index (κ3) is 2.56. The van der Waals surface area contributed by atoms with Crippen molar-refractivity contribution in [3.8, 4) is 5.75 Å². The summed E-state index contributed by atoms with van der Waals surface area (Å²) in [7, 11) is 1.76. The number of hydrogen-bond acceptors (Lipinski definition) is 2. The second kappa shape index (κ2) is 5.68. The fraction of sp³-hybridized carbons (Fsp3) is 0.333. The van der Waals surface area contributed by atoms with E-state index >= 15 is 0 Å². The van der Waals surface area contributed by atoms with Crippen LogP contribution in [0.25, 0.3) is 0 Å². The normalized spacial score (nSPS) is 17.6. The zero-order valence-corrected chi connectivity index (χ0v) is 12.1. The van der Waals surface area contributed by atoms with Crippen molar-refractivity contribution >= 4 is 0 Å². The predicted molar refractivity (Wildman–Crippen MR) is 82.3 cm³/mol. The van der Waals surface area contributed by atoms with Gasteiger partial charge in [-0.15, -0.1) is 0 Å². The molecular weight excluding hydrogens is 246 g/mol. The first-order valence-electron chi connectivity index (χ1n) is 7.22. The zero-order valence-electron chi connectivity index (χ0n) is 12.1. The molecule has 0 fully saturated rings. The van der Waals surface area contributed by atoms with Gasteiger partial charge in [-0.05, 0) is 43.5 Å². The van der Waals surface area contributed by atoms with E-state index in [-0.39, 0.29) is 0 Å². The molecule has 1 heterocycles. The molecule has 0 aromatic heterocycles. The van der Waals surface area contributed by atoms with E-state index in [1.165, 1.54) is 22.3 Å². The summed E-state index contributed by atoms with van der Waals surface area (Å²) >= 11 is 0. The van der Waals surface area contributed by atoms with Gasteiger partial charge in [-0.2, -0.15) is 0 Å². The minimum absolute atomic E-state index is 0.385. The lowest BCUT2D eigenvalue weighted by molar-refractivity contribution is 0.400. The SMILES string of the molecule is COc1cccc2c1CCNC2Cc1cccc(C)c1. The molecule has 3 rings (SSSR count).